The fourth-order valence-corrected chi connectivity index (χ4v) is 2.12. The van der Waals surface area contributed by atoms with Crippen molar-refractivity contribution in [2.75, 3.05) is 0 Å². The molecule has 2 rings (SSSR count). The molecule has 0 amide bonds. The monoisotopic (exact) mass is 430 g/mol. The molecule has 0 radical (unpaired) electrons. The van der Waals surface area contributed by atoms with E-state index in [0.717, 1.165) is 12.8 Å². The molecule has 2 aliphatic carbocycles. The van der Waals surface area contributed by atoms with Crippen molar-refractivity contribution in [1.82, 2.24) is 0 Å². The fraction of sp³-hybridized carbons (Fsp3) is 0.600. The van der Waals surface area contributed by atoms with Crippen LogP contribution in [0.1, 0.15) is 67.2 Å². The van der Waals surface area contributed by atoms with E-state index in [0.29, 0.717) is 10.8 Å². The summed E-state index contributed by atoms with van der Waals surface area (Å²) < 4.78 is 0. The third kappa shape index (κ3) is 8.90. The van der Waals surface area contributed by atoms with Gasteiger partial charge in [-0.3, -0.25) is 12.2 Å². The van der Waals surface area contributed by atoms with Gasteiger partial charge in [0.25, 0.3) is 0 Å². The Kier molecular flexibility index (Phi) is 15.6. The Hall–Kier alpha value is 0.423. The zero-order chi connectivity index (χ0) is 15.2. The third-order valence-electron chi connectivity index (χ3n) is 4.62. The average Bonchev–Trinajstić information content (AvgIpc) is 3.12. The van der Waals surface area contributed by atoms with Crippen molar-refractivity contribution < 1.29 is 51.0 Å². The molecule has 0 atom stereocenters. The number of hydrogen-bond acceptors (Lipinski definition) is 0. The first-order valence-corrected chi connectivity index (χ1v) is 7.89. The molecule has 0 nitrogen and oxygen atoms in total. The van der Waals surface area contributed by atoms with Gasteiger partial charge in [-0.1, -0.05) is 41.5 Å². The third-order valence-corrected chi connectivity index (χ3v) is 4.62. The summed E-state index contributed by atoms with van der Waals surface area (Å²) >= 11 is 0. The van der Waals surface area contributed by atoms with Crippen molar-refractivity contribution in [1.29, 1.82) is 0 Å². The molecule has 128 valence electrons. The molecule has 0 aromatic carbocycles. The quantitative estimate of drug-likeness (QED) is 0.558. The largest absolute Gasteiger partial charge is 4.00 e. The van der Waals surface area contributed by atoms with Crippen LogP contribution in [0, 0.1) is 23.0 Å². The first kappa shape index (κ1) is 28.2. The average molecular weight is 433 g/mol. The Labute approximate surface area is 175 Å². The Morgan fingerprint density at radius 1 is 0.783 bits per heavy atom. The minimum atomic E-state index is 0. The molecule has 0 saturated heterocycles. The van der Waals surface area contributed by atoms with Crippen molar-refractivity contribution in [3.63, 3.8) is 0 Å². The van der Waals surface area contributed by atoms with Crippen LogP contribution in [0.2, 0.25) is 0 Å². The molecule has 0 aromatic heterocycles. The van der Waals surface area contributed by atoms with Crippen molar-refractivity contribution in [2.24, 2.45) is 10.8 Å². The Bertz CT molecular complexity index is 399. The van der Waals surface area contributed by atoms with E-state index in [-0.39, 0.29) is 51.0 Å². The molecule has 0 aliphatic heterocycles. The van der Waals surface area contributed by atoms with E-state index in [4.69, 9.17) is 0 Å². The summed E-state index contributed by atoms with van der Waals surface area (Å²) in [6.07, 6.45) is 19.9. The van der Waals surface area contributed by atoms with Gasteiger partial charge in [0, 0.05) is 0 Å². The van der Waals surface area contributed by atoms with Crippen LogP contribution in [0.15, 0.2) is 35.5 Å². The van der Waals surface area contributed by atoms with E-state index >= 15 is 0 Å². The van der Waals surface area contributed by atoms with Gasteiger partial charge in [0.2, 0.25) is 0 Å². The summed E-state index contributed by atoms with van der Waals surface area (Å²) in [5, 5.41) is 0. The molecule has 0 N–H and O–H groups in total. The maximum absolute atomic E-state index is 3.35. The summed E-state index contributed by atoms with van der Waals surface area (Å²) in [6.45, 7) is 13.5. The summed E-state index contributed by atoms with van der Waals surface area (Å²) in [5.41, 5.74) is 3.45. The van der Waals surface area contributed by atoms with E-state index in [9.17, 15) is 0 Å². The molecule has 0 unspecified atom stereocenters. The molecule has 0 aromatic rings. The number of allylic oxidation sites excluding steroid dienone is 8. The standard InChI is InChI=1S/2C10H15.2ClH.Zr/c2*1-4-10(2,3)9-7-5-6-8-9;;;/h2*5,7H,4,6H2,1-3H3;2*1H;/q2*-1;;;+4/p-2. The van der Waals surface area contributed by atoms with Crippen LogP contribution >= 0.6 is 0 Å². The van der Waals surface area contributed by atoms with E-state index in [2.05, 4.69) is 78.0 Å². The molecule has 0 fully saturated rings. The molecular formula is C20H30Cl2Zr. The van der Waals surface area contributed by atoms with E-state index < -0.39 is 0 Å². The first-order valence-electron chi connectivity index (χ1n) is 7.89. The maximum Gasteiger partial charge on any atom is 4.00 e. The summed E-state index contributed by atoms with van der Waals surface area (Å²) in [5.74, 6) is 0. The second-order valence-electron chi connectivity index (χ2n) is 6.87. The minimum Gasteiger partial charge on any atom is -1.00 e. The molecule has 0 saturated carbocycles. The predicted octanol–water partition coefficient (Wildman–Crippen LogP) is 0.230. The van der Waals surface area contributed by atoms with Gasteiger partial charge >= 0.3 is 26.2 Å². The molecule has 2 aliphatic rings. The zero-order valence-electron chi connectivity index (χ0n) is 15.4. The fourth-order valence-electron chi connectivity index (χ4n) is 2.12. The normalized spacial score (nSPS) is 15.4. The van der Waals surface area contributed by atoms with Gasteiger partial charge in [-0.05, 0) is 23.7 Å². The van der Waals surface area contributed by atoms with Crippen LogP contribution in [-0.4, -0.2) is 0 Å². The smallest absolute Gasteiger partial charge is 1.00 e. The predicted molar refractivity (Wildman–Crippen MR) is 89.2 cm³/mol. The Morgan fingerprint density at radius 3 is 1.26 bits per heavy atom. The van der Waals surface area contributed by atoms with Gasteiger partial charge in [0.05, 0.1) is 0 Å². The van der Waals surface area contributed by atoms with Crippen molar-refractivity contribution in [2.45, 2.75) is 67.2 Å². The van der Waals surface area contributed by atoms with Crippen LogP contribution in [0.4, 0.5) is 0 Å². The van der Waals surface area contributed by atoms with Crippen LogP contribution in [0.5, 0.6) is 0 Å². The minimum absolute atomic E-state index is 0. The van der Waals surface area contributed by atoms with E-state index in [1.54, 1.807) is 0 Å². The van der Waals surface area contributed by atoms with Gasteiger partial charge in [0.15, 0.2) is 0 Å². The number of halogens is 2. The Morgan fingerprint density at radius 2 is 1.09 bits per heavy atom. The van der Waals surface area contributed by atoms with E-state index in [1.165, 1.54) is 24.0 Å². The molecule has 0 bridgehead atoms. The van der Waals surface area contributed by atoms with Crippen LogP contribution in [0.25, 0.3) is 0 Å². The molecule has 3 heteroatoms. The van der Waals surface area contributed by atoms with Crippen LogP contribution in [0.3, 0.4) is 0 Å². The molecular weight excluding hydrogens is 402 g/mol. The molecule has 23 heavy (non-hydrogen) atoms. The maximum atomic E-state index is 3.35. The zero-order valence-corrected chi connectivity index (χ0v) is 19.4. The summed E-state index contributed by atoms with van der Waals surface area (Å²) in [4.78, 5) is 0. The number of rotatable bonds is 4. The summed E-state index contributed by atoms with van der Waals surface area (Å²) in [7, 11) is 0. The molecule has 0 heterocycles. The first-order chi connectivity index (χ1) is 9.33. The number of hydrogen-bond donors (Lipinski definition) is 0. The van der Waals surface area contributed by atoms with E-state index in [1.807, 2.05) is 0 Å². The summed E-state index contributed by atoms with van der Waals surface area (Å²) in [6, 6.07) is 0. The van der Waals surface area contributed by atoms with Gasteiger partial charge in [-0.15, -0.1) is 12.8 Å². The van der Waals surface area contributed by atoms with Crippen molar-refractivity contribution in [3.05, 3.63) is 47.6 Å². The van der Waals surface area contributed by atoms with Crippen molar-refractivity contribution in [3.8, 4) is 0 Å². The second-order valence-corrected chi connectivity index (χ2v) is 6.87. The van der Waals surface area contributed by atoms with Crippen molar-refractivity contribution >= 4 is 0 Å². The van der Waals surface area contributed by atoms with Crippen LogP contribution in [-0.2, 0) is 26.2 Å². The Balaban J connectivity index is -0.000000308. The van der Waals surface area contributed by atoms with Gasteiger partial charge in [-0.25, -0.2) is 23.3 Å². The SMILES string of the molecule is CCC(C)(C)C1=[C-]CC=C1.CCC(C)(C)C1=[C-]CC=C1.[Cl-].[Cl-].[Zr+4]. The van der Waals surface area contributed by atoms with Gasteiger partial charge < -0.3 is 24.8 Å². The van der Waals surface area contributed by atoms with Gasteiger partial charge in [0.1, 0.15) is 0 Å². The topological polar surface area (TPSA) is 0 Å². The molecule has 0 spiro atoms. The van der Waals surface area contributed by atoms with Crippen LogP contribution < -0.4 is 24.8 Å². The van der Waals surface area contributed by atoms with Gasteiger partial charge in [-0.2, -0.15) is 12.2 Å². The second kappa shape index (κ2) is 12.7.